The monoisotopic (exact) mass is 112 g/mol. The third kappa shape index (κ3) is 0.446. The fourth-order valence-corrected chi connectivity index (χ4v) is 1.63. The van der Waals surface area contributed by atoms with E-state index in [-0.39, 0.29) is 0 Å². The molecule has 0 amide bonds. The van der Waals surface area contributed by atoms with Gasteiger partial charge in [0.05, 0.1) is 0 Å². The van der Waals surface area contributed by atoms with Gasteiger partial charge in [0, 0.05) is 18.0 Å². The molecule has 2 aliphatic rings. The van der Waals surface area contributed by atoms with Crippen molar-refractivity contribution >= 4 is 0 Å². The predicted molar refractivity (Wildman–Crippen MR) is 32.5 cm³/mol. The summed E-state index contributed by atoms with van der Waals surface area (Å²) in [6, 6.07) is 0.525. The van der Waals surface area contributed by atoms with E-state index >= 15 is 0 Å². The lowest BCUT2D eigenvalue weighted by molar-refractivity contribution is 0.547. The van der Waals surface area contributed by atoms with Crippen LogP contribution in [0.4, 0.5) is 0 Å². The van der Waals surface area contributed by atoms with Crippen molar-refractivity contribution in [1.82, 2.24) is 5.32 Å². The number of hydrogen-bond donors (Lipinski definition) is 2. The smallest absolute Gasteiger partial charge is 0.0115 e. The lowest BCUT2D eigenvalue weighted by atomic mass is 10.1. The molecular formula is C6H12N2. The van der Waals surface area contributed by atoms with E-state index in [1.54, 1.807) is 0 Å². The van der Waals surface area contributed by atoms with E-state index in [4.69, 9.17) is 5.73 Å². The lowest BCUT2D eigenvalue weighted by Crippen LogP contribution is -2.16. The van der Waals surface area contributed by atoms with Gasteiger partial charge in [0.15, 0.2) is 0 Å². The molecule has 3 N–H and O–H groups in total. The van der Waals surface area contributed by atoms with Gasteiger partial charge in [0.2, 0.25) is 0 Å². The zero-order chi connectivity index (χ0) is 5.61. The number of rotatable bonds is 0. The summed E-state index contributed by atoms with van der Waals surface area (Å²) < 4.78 is 0. The molecule has 2 fully saturated rings. The zero-order valence-electron chi connectivity index (χ0n) is 4.98. The Labute approximate surface area is 49.4 Å². The van der Waals surface area contributed by atoms with E-state index in [0.29, 0.717) is 11.5 Å². The third-order valence-electron chi connectivity index (χ3n) is 2.53. The Morgan fingerprint density at radius 1 is 1.62 bits per heavy atom. The first-order chi connectivity index (χ1) is 3.83. The Bertz CT molecular complexity index is 105. The predicted octanol–water partition coefficient (Wildman–Crippen LogP) is -0.303. The van der Waals surface area contributed by atoms with Gasteiger partial charge in [-0.25, -0.2) is 0 Å². The second kappa shape index (κ2) is 1.25. The average molecular weight is 112 g/mol. The Kier molecular flexibility index (Phi) is 0.746. The highest BCUT2D eigenvalue weighted by molar-refractivity contribution is 5.10. The Morgan fingerprint density at radius 3 is 2.62 bits per heavy atom. The summed E-state index contributed by atoms with van der Waals surface area (Å²) >= 11 is 0. The van der Waals surface area contributed by atoms with E-state index in [9.17, 15) is 0 Å². The van der Waals surface area contributed by atoms with Crippen molar-refractivity contribution in [3.63, 3.8) is 0 Å². The minimum atomic E-state index is 0.525. The van der Waals surface area contributed by atoms with Crippen LogP contribution in [0.1, 0.15) is 12.8 Å². The quantitative estimate of drug-likeness (QED) is 0.451. The van der Waals surface area contributed by atoms with E-state index < -0.39 is 0 Å². The number of nitrogens with one attached hydrogen (secondary N) is 1. The molecule has 2 atom stereocenters. The maximum absolute atomic E-state index is 5.72. The Hall–Kier alpha value is -0.0800. The summed E-state index contributed by atoms with van der Waals surface area (Å²) in [4.78, 5) is 0. The summed E-state index contributed by atoms with van der Waals surface area (Å²) in [7, 11) is 0. The molecule has 1 aliphatic carbocycles. The molecule has 1 spiro atoms. The van der Waals surface area contributed by atoms with Crippen molar-refractivity contribution in [3.05, 3.63) is 0 Å². The van der Waals surface area contributed by atoms with Gasteiger partial charge in [-0.05, 0) is 19.4 Å². The van der Waals surface area contributed by atoms with Crippen LogP contribution in [0.25, 0.3) is 0 Å². The number of nitrogens with two attached hydrogens (primary N) is 1. The van der Waals surface area contributed by atoms with Crippen molar-refractivity contribution in [1.29, 1.82) is 0 Å². The van der Waals surface area contributed by atoms with E-state index in [1.807, 2.05) is 0 Å². The molecule has 2 heteroatoms. The molecule has 1 saturated heterocycles. The summed E-state index contributed by atoms with van der Waals surface area (Å²) in [6.45, 7) is 2.36. The van der Waals surface area contributed by atoms with Crippen LogP contribution in [0, 0.1) is 5.41 Å². The van der Waals surface area contributed by atoms with Gasteiger partial charge in [0.1, 0.15) is 0 Å². The molecule has 0 bridgehead atoms. The van der Waals surface area contributed by atoms with Gasteiger partial charge < -0.3 is 11.1 Å². The van der Waals surface area contributed by atoms with E-state index in [2.05, 4.69) is 5.32 Å². The van der Waals surface area contributed by atoms with Gasteiger partial charge in [-0.1, -0.05) is 0 Å². The van der Waals surface area contributed by atoms with Crippen molar-refractivity contribution < 1.29 is 0 Å². The van der Waals surface area contributed by atoms with E-state index in [0.717, 1.165) is 0 Å². The van der Waals surface area contributed by atoms with Crippen LogP contribution in [-0.2, 0) is 0 Å². The molecule has 0 aromatic carbocycles. The van der Waals surface area contributed by atoms with Crippen LogP contribution in [-0.4, -0.2) is 19.1 Å². The van der Waals surface area contributed by atoms with Crippen molar-refractivity contribution in [2.24, 2.45) is 11.1 Å². The summed E-state index contributed by atoms with van der Waals surface area (Å²) in [5, 5.41) is 3.33. The summed E-state index contributed by atoms with van der Waals surface area (Å²) in [6.07, 6.45) is 2.58. The maximum Gasteiger partial charge on any atom is 0.0115 e. The molecule has 46 valence electrons. The van der Waals surface area contributed by atoms with Crippen molar-refractivity contribution in [3.8, 4) is 0 Å². The van der Waals surface area contributed by atoms with Crippen molar-refractivity contribution in [2.75, 3.05) is 13.1 Å². The molecule has 8 heavy (non-hydrogen) atoms. The first kappa shape index (κ1) is 4.77. The fraction of sp³-hybridized carbons (Fsp3) is 1.00. The van der Waals surface area contributed by atoms with Gasteiger partial charge in [-0.3, -0.25) is 0 Å². The Morgan fingerprint density at radius 2 is 2.38 bits per heavy atom. The highest BCUT2D eigenvalue weighted by Gasteiger charge is 2.52. The molecule has 0 aromatic heterocycles. The van der Waals surface area contributed by atoms with Gasteiger partial charge in [-0.15, -0.1) is 0 Å². The molecule has 1 saturated carbocycles. The van der Waals surface area contributed by atoms with Crippen LogP contribution in [0.3, 0.4) is 0 Å². The zero-order valence-corrected chi connectivity index (χ0v) is 4.98. The molecule has 2 nitrogen and oxygen atoms in total. The molecule has 0 aromatic rings. The van der Waals surface area contributed by atoms with Crippen LogP contribution < -0.4 is 11.1 Å². The molecule has 1 aliphatic heterocycles. The molecule has 0 radical (unpaired) electrons. The molecule has 1 unspecified atom stereocenters. The topological polar surface area (TPSA) is 38.0 Å². The van der Waals surface area contributed by atoms with Crippen LogP contribution in [0.5, 0.6) is 0 Å². The minimum Gasteiger partial charge on any atom is -0.327 e. The maximum atomic E-state index is 5.72. The van der Waals surface area contributed by atoms with Gasteiger partial charge in [0.25, 0.3) is 0 Å². The Balaban J connectivity index is 2.06. The third-order valence-corrected chi connectivity index (χ3v) is 2.53. The van der Waals surface area contributed by atoms with Gasteiger partial charge >= 0.3 is 0 Å². The molecule has 1 heterocycles. The second-order valence-electron chi connectivity index (χ2n) is 3.10. The highest BCUT2D eigenvalue weighted by Crippen LogP contribution is 2.48. The minimum absolute atomic E-state index is 0.525. The SMILES string of the molecule is NC1C[C@]12CCNC2. The van der Waals surface area contributed by atoms with Crippen LogP contribution in [0.2, 0.25) is 0 Å². The fourth-order valence-electron chi connectivity index (χ4n) is 1.63. The normalized spacial score (nSPS) is 52.9. The highest BCUT2D eigenvalue weighted by atomic mass is 15.0. The van der Waals surface area contributed by atoms with E-state index in [1.165, 1.54) is 25.9 Å². The average Bonchev–Trinajstić information content (AvgIpc) is 2.29. The standard InChI is InChI=1S/C6H12N2/c7-5-3-6(5)1-2-8-4-6/h5,8H,1-4,7H2/t5?,6-/m0/s1. The van der Waals surface area contributed by atoms with Crippen molar-refractivity contribution in [2.45, 2.75) is 18.9 Å². The van der Waals surface area contributed by atoms with Gasteiger partial charge in [-0.2, -0.15) is 0 Å². The summed E-state index contributed by atoms with van der Waals surface area (Å²) in [5.41, 5.74) is 6.29. The molecular weight excluding hydrogens is 100 g/mol. The first-order valence-electron chi connectivity index (χ1n) is 3.30. The molecule has 2 rings (SSSR count). The number of hydrogen-bond acceptors (Lipinski definition) is 2. The van der Waals surface area contributed by atoms with Crippen LogP contribution in [0.15, 0.2) is 0 Å². The van der Waals surface area contributed by atoms with Crippen LogP contribution >= 0.6 is 0 Å². The first-order valence-corrected chi connectivity index (χ1v) is 3.30. The largest absolute Gasteiger partial charge is 0.327 e. The summed E-state index contributed by atoms with van der Waals surface area (Å²) in [5.74, 6) is 0. The lowest BCUT2D eigenvalue weighted by Gasteiger charge is -2.00. The second-order valence-corrected chi connectivity index (χ2v) is 3.10.